The molecule has 0 saturated carbocycles. The van der Waals surface area contributed by atoms with Gasteiger partial charge in [0.1, 0.15) is 5.75 Å². The van der Waals surface area contributed by atoms with E-state index in [9.17, 15) is 13.2 Å². The van der Waals surface area contributed by atoms with Gasteiger partial charge in [-0.05, 0) is 24.3 Å². The maximum Gasteiger partial charge on any atom is 0.255 e. The van der Waals surface area contributed by atoms with Gasteiger partial charge in [-0.15, -0.1) is 0 Å². The SMILES string of the molecule is COc1ccccc1C(=O)NCCN(c1ccc2c(c1)OCO2)S(C)(=O)=O. The molecule has 0 fully saturated rings. The van der Waals surface area contributed by atoms with Crippen LogP contribution < -0.4 is 23.8 Å². The minimum atomic E-state index is -3.55. The molecule has 0 saturated heterocycles. The van der Waals surface area contributed by atoms with Crippen LogP contribution >= 0.6 is 0 Å². The first kappa shape index (κ1) is 18.8. The Hall–Kier alpha value is -2.94. The highest BCUT2D eigenvalue weighted by Crippen LogP contribution is 2.35. The predicted molar refractivity (Wildman–Crippen MR) is 100 cm³/mol. The number of hydrogen-bond acceptors (Lipinski definition) is 6. The maximum atomic E-state index is 12.3. The summed E-state index contributed by atoms with van der Waals surface area (Å²) < 4.78 is 41.3. The quantitative estimate of drug-likeness (QED) is 0.770. The van der Waals surface area contributed by atoms with Crippen molar-refractivity contribution in [3.05, 3.63) is 48.0 Å². The number of ether oxygens (including phenoxy) is 3. The van der Waals surface area contributed by atoms with Crippen molar-refractivity contribution in [3.63, 3.8) is 0 Å². The lowest BCUT2D eigenvalue weighted by molar-refractivity contribution is 0.0951. The van der Waals surface area contributed by atoms with Gasteiger partial charge in [-0.3, -0.25) is 9.10 Å². The van der Waals surface area contributed by atoms with E-state index in [0.717, 1.165) is 6.26 Å². The van der Waals surface area contributed by atoms with Crippen LogP contribution in [0.4, 0.5) is 5.69 Å². The Morgan fingerprint density at radius 3 is 2.67 bits per heavy atom. The molecule has 0 atom stereocenters. The fourth-order valence-electron chi connectivity index (χ4n) is 2.73. The van der Waals surface area contributed by atoms with E-state index in [1.54, 1.807) is 42.5 Å². The molecule has 0 aliphatic carbocycles. The van der Waals surface area contributed by atoms with Gasteiger partial charge in [0.15, 0.2) is 11.5 Å². The molecule has 1 amide bonds. The third kappa shape index (κ3) is 4.25. The van der Waals surface area contributed by atoms with Crippen molar-refractivity contribution in [2.75, 3.05) is 37.6 Å². The lowest BCUT2D eigenvalue weighted by Gasteiger charge is -2.23. The van der Waals surface area contributed by atoms with E-state index in [2.05, 4.69) is 5.32 Å². The van der Waals surface area contributed by atoms with E-state index in [0.29, 0.717) is 28.5 Å². The third-order valence-electron chi connectivity index (χ3n) is 4.00. The molecule has 8 nitrogen and oxygen atoms in total. The summed E-state index contributed by atoms with van der Waals surface area (Å²) in [6.07, 6.45) is 1.11. The molecule has 1 aliphatic rings. The van der Waals surface area contributed by atoms with Gasteiger partial charge >= 0.3 is 0 Å². The molecular weight excluding hydrogens is 372 g/mol. The minimum Gasteiger partial charge on any atom is -0.496 e. The van der Waals surface area contributed by atoms with Crippen molar-refractivity contribution in [2.24, 2.45) is 0 Å². The first-order valence-corrected chi connectivity index (χ1v) is 10.0. The highest BCUT2D eigenvalue weighted by atomic mass is 32.2. The summed E-state index contributed by atoms with van der Waals surface area (Å²) in [7, 11) is -2.07. The van der Waals surface area contributed by atoms with Crippen LogP contribution in [0, 0.1) is 0 Å². The van der Waals surface area contributed by atoms with Gasteiger partial charge in [-0.2, -0.15) is 0 Å². The number of methoxy groups -OCH3 is 1. The first-order valence-electron chi connectivity index (χ1n) is 8.19. The second kappa shape index (κ2) is 7.75. The molecule has 0 unspecified atom stereocenters. The van der Waals surface area contributed by atoms with Crippen molar-refractivity contribution in [1.82, 2.24) is 5.32 Å². The minimum absolute atomic E-state index is 0.0688. The van der Waals surface area contributed by atoms with Crippen LogP contribution in [0.5, 0.6) is 17.2 Å². The van der Waals surface area contributed by atoms with Crippen LogP contribution in [0.15, 0.2) is 42.5 Å². The van der Waals surface area contributed by atoms with Crippen LogP contribution in [0.1, 0.15) is 10.4 Å². The van der Waals surface area contributed by atoms with Gasteiger partial charge in [0.25, 0.3) is 5.91 Å². The summed E-state index contributed by atoms with van der Waals surface area (Å²) in [5.74, 6) is 1.16. The molecule has 0 radical (unpaired) electrons. The Morgan fingerprint density at radius 2 is 1.93 bits per heavy atom. The van der Waals surface area contributed by atoms with E-state index >= 15 is 0 Å². The summed E-state index contributed by atoms with van der Waals surface area (Å²) >= 11 is 0. The molecule has 0 aromatic heterocycles. The predicted octanol–water partition coefficient (Wildman–Crippen LogP) is 1.62. The molecule has 1 N–H and O–H groups in total. The van der Waals surface area contributed by atoms with E-state index in [-0.39, 0.29) is 25.8 Å². The van der Waals surface area contributed by atoms with Crippen molar-refractivity contribution in [2.45, 2.75) is 0 Å². The highest BCUT2D eigenvalue weighted by Gasteiger charge is 2.21. The van der Waals surface area contributed by atoms with Gasteiger partial charge in [0.2, 0.25) is 16.8 Å². The summed E-state index contributed by atoms with van der Waals surface area (Å²) in [5, 5.41) is 2.72. The van der Waals surface area contributed by atoms with Gasteiger partial charge in [0, 0.05) is 12.6 Å². The number of para-hydroxylation sites is 1. The standard InChI is InChI=1S/C18H20N2O6S/c1-24-15-6-4-3-5-14(15)18(21)19-9-10-20(27(2,22)23)13-7-8-16-17(11-13)26-12-25-16/h3-8,11H,9-10,12H2,1-2H3,(H,19,21). The van der Waals surface area contributed by atoms with Crippen LogP contribution in [-0.2, 0) is 10.0 Å². The molecular formula is C18H20N2O6S. The number of sulfonamides is 1. The Balaban J connectivity index is 1.70. The van der Waals surface area contributed by atoms with E-state index in [1.807, 2.05) is 0 Å². The number of carbonyl (C=O) groups is 1. The second-order valence-corrected chi connectivity index (χ2v) is 7.74. The molecule has 0 bridgehead atoms. The summed E-state index contributed by atoms with van der Waals surface area (Å²) in [6.45, 7) is 0.296. The van der Waals surface area contributed by atoms with Crippen LogP contribution in [-0.4, -0.2) is 47.6 Å². The van der Waals surface area contributed by atoms with Crippen molar-refractivity contribution >= 4 is 21.6 Å². The van der Waals surface area contributed by atoms with Gasteiger partial charge < -0.3 is 19.5 Å². The Kier molecular flexibility index (Phi) is 5.41. The number of benzene rings is 2. The normalized spacial score (nSPS) is 12.5. The van der Waals surface area contributed by atoms with Gasteiger partial charge in [0.05, 0.1) is 31.2 Å². The Bertz CT molecular complexity index is 945. The lowest BCUT2D eigenvalue weighted by Crippen LogP contribution is -2.38. The molecule has 144 valence electrons. The number of anilines is 1. The molecule has 1 heterocycles. The molecule has 9 heteroatoms. The fraction of sp³-hybridized carbons (Fsp3) is 0.278. The Morgan fingerprint density at radius 1 is 1.19 bits per heavy atom. The number of hydrogen-bond donors (Lipinski definition) is 1. The van der Waals surface area contributed by atoms with Crippen LogP contribution in [0.2, 0.25) is 0 Å². The number of rotatable bonds is 7. The van der Waals surface area contributed by atoms with E-state index in [1.165, 1.54) is 11.4 Å². The molecule has 3 rings (SSSR count). The van der Waals surface area contributed by atoms with Crippen molar-refractivity contribution in [1.29, 1.82) is 0 Å². The number of nitrogens with zero attached hydrogens (tertiary/aromatic N) is 1. The molecule has 27 heavy (non-hydrogen) atoms. The molecule has 2 aromatic rings. The first-order chi connectivity index (χ1) is 12.9. The van der Waals surface area contributed by atoms with Gasteiger partial charge in [-0.1, -0.05) is 12.1 Å². The molecule has 2 aromatic carbocycles. The molecule has 1 aliphatic heterocycles. The van der Waals surface area contributed by atoms with Crippen LogP contribution in [0.25, 0.3) is 0 Å². The number of carbonyl (C=O) groups excluding carboxylic acids is 1. The third-order valence-corrected chi connectivity index (χ3v) is 5.19. The zero-order valence-electron chi connectivity index (χ0n) is 15.0. The largest absolute Gasteiger partial charge is 0.496 e. The van der Waals surface area contributed by atoms with Crippen molar-refractivity contribution < 1.29 is 27.4 Å². The van der Waals surface area contributed by atoms with E-state index in [4.69, 9.17) is 14.2 Å². The second-order valence-electron chi connectivity index (χ2n) is 5.83. The smallest absolute Gasteiger partial charge is 0.255 e. The zero-order chi connectivity index (χ0) is 19.4. The average Bonchev–Trinajstić information content (AvgIpc) is 3.11. The summed E-state index contributed by atoms with van der Waals surface area (Å²) in [5.41, 5.74) is 0.822. The van der Waals surface area contributed by atoms with Gasteiger partial charge in [-0.25, -0.2) is 8.42 Å². The maximum absolute atomic E-state index is 12.3. The number of amides is 1. The lowest BCUT2D eigenvalue weighted by atomic mass is 10.2. The summed E-state index contributed by atoms with van der Waals surface area (Å²) in [6, 6.07) is 11.7. The number of fused-ring (bicyclic) bond motifs is 1. The number of nitrogens with one attached hydrogen (secondary N) is 1. The monoisotopic (exact) mass is 392 g/mol. The topological polar surface area (TPSA) is 94.2 Å². The fourth-order valence-corrected chi connectivity index (χ4v) is 3.64. The highest BCUT2D eigenvalue weighted by molar-refractivity contribution is 7.92. The average molecular weight is 392 g/mol. The van der Waals surface area contributed by atoms with Crippen molar-refractivity contribution in [3.8, 4) is 17.2 Å². The van der Waals surface area contributed by atoms with Crippen LogP contribution in [0.3, 0.4) is 0 Å². The van der Waals surface area contributed by atoms with E-state index < -0.39 is 10.0 Å². The Labute approximate surface area is 157 Å². The zero-order valence-corrected chi connectivity index (χ0v) is 15.8. The summed E-state index contributed by atoms with van der Waals surface area (Å²) in [4.78, 5) is 12.3. The molecule has 0 spiro atoms.